The van der Waals surface area contributed by atoms with E-state index in [2.05, 4.69) is 20.0 Å². The summed E-state index contributed by atoms with van der Waals surface area (Å²) in [5.41, 5.74) is 1.62. The van der Waals surface area contributed by atoms with Crippen LogP contribution in [0.1, 0.15) is 30.5 Å². The number of likely N-dealkylation sites (tertiary alicyclic amines) is 1. The molecular weight excluding hydrogens is 589 g/mol. The molecular formula is C31H40FN5O6S. The van der Waals surface area contributed by atoms with Crippen molar-refractivity contribution in [3.8, 4) is 11.5 Å². The van der Waals surface area contributed by atoms with E-state index in [0.717, 1.165) is 5.56 Å². The van der Waals surface area contributed by atoms with Gasteiger partial charge in [-0.05, 0) is 67.5 Å². The smallest absolute Gasteiger partial charge is 0.244 e. The van der Waals surface area contributed by atoms with Gasteiger partial charge < -0.3 is 24.8 Å². The van der Waals surface area contributed by atoms with Crippen LogP contribution in [0.5, 0.6) is 11.5 Å². The third-order valence-corrected chi connectivity index (χ3v) is 9.26. The van der Waals surface area contributed by atoms with E-state index in [1.54, 1.807) is 48.5 Å². The van der Waals surface area contributed by atoms with Crippen molar-refractivity contribution in [3.05, 3.63) is 72.3 Å². The summed E-state index contributed by atoms with van der Waals surface area (Å²) in [7, 11) is -1.20. The number of nitrogens with one attached hydrogen (secondary N) is 2. The highest BCUT2D eigenvalue weighted by molar-refractivity contribution is 7.89. The number of carbonyl (C=O) groups is 1. The minimum atomic E-state index is -4.28. The summed E-state index contributed by atoms with van der Waals surface area (Å²) < 4.78 is 53.8. The molecule has 1 aliphatic heterocycles. The van der Waals surface area contributed by atoms with Crippen molar-refractivity contribution in [1.29, 1.82) is 0 Å². The molecule has 44 heavy (non-hydrogen) atoms. The molecule has 0 saturated carbocycles. The summed E-state index contributed by atoms with van der Waals surface area (Å²) in [6.07, 6.45) is 6.44. The number of piperidine rings is 1. The van der Waals surface area contributed by atoms with Crippen LogP contribution in [-0.2, 0) is 27.7 Å². The molecule has 1 aliphatic rings. The van der Waals surface area contributed by atoms with Crippen LogP contribution < -0.4 is 19.5 Å². The number of aliphatic hydroxyl groups excluding tert-OH is 1. The lowest BCUT2D eigenvalue weighted by Crippen LogP contribution is -2.51. The van der Waals surface area contributed by atoms with Gasteiger partial charge in [0, 0.05) is 43.8 Å². The van der Waals surface area contributed by atoms with Crippen molar-refractivity contribution in [2.75, 3.05) is 45.9 Å². The molecule has 0 aliphatic carbocycles. The molecule has 0 spiro atoms. The van der Waals surface area contributed by atoms with E-state index in [4.69, 9.17) is 9.47 Å². The number of halogens is 1. The maximum Gasteiger partial charge on any atom is 0.244 e. The van der Waals surface area contributed by atoms with E-state index in [1.165, 1.54) is 25.6 Å². The lowest BCUT2D eigenvalue weighted by Gasteiger charge is -2.34. The minimum Gasteiger partial charge on any atom is -0.493 e. The Kier molecular flexibility index (Phi) is 11.9. The van der Waals surface area contributed by atoms with Gasteiger partial charge in [0.2, 0.25) is 15.9 Å². The van der Waals surface area contributed by atoms with Crippen LogP contribution in [0.15, 0.2) is 66.0 Å². The van der Waals surface area contributed by atoms with Crippen LogP contribution in [0.4, 0.5) is 10.1 Å². The van der Waals surface area contributed by atoms with Crippen LogP contribution in [-0.4, -0.2) is 87.0 Å². The number of amides is 1. The molecule has 0 radical (unpaired) electrons. The predicted octanol–water partition coefficient (Wildman–Crippen LogP) is 3.00. The Morgan fingerprint density at radius 1 is 1.09 bits per heavy atom. The third-order valence-electron chi connectivity index (χ3n) is 7.76. The summed E-state index contributed by atoms with van der Waals surface area (Å²) in [5, 5.41) is 13.3. The number of nitrogens with zero attached hydrogens (tertiary/aromatic N) is 3. The number of benzene rings is 1. The number of anilines is 1. The molecule has 3 N–H and O–H groups in total. The molecule has 1 fully saturated rings. The van der Waals surface area contributed by atoms with Crippen molar-refractivity contribution < 1.29 is 32.2 Å². The first-order valence-electron chi connectivity index (χ1n) is 14.6. The van der Waals surface area contributed by atoms with E-state index in [0.29, 0.717) is 56.0 Å². The fourth-order valence-electron chi connectivity index (χ4n) is 5.36. The van der Waals surface area contributed by atoms with Gasteiger partial charge in [0.25, 0.3) is 0 Å². The second-order valence-corrected chi connectivity index (χ2v) is 12.4. The summed E-state index contributed by atoms with van der Waals surface area (Å²) in [5.74, 6) is 0.945. The van der Waals surface area contributed by atoms with E-state index in [1.807, 2.05) is 6.07 Å². The lowest BCUT2D eigenvalue weighted by atomic mass is 9.93. The quantitative estimate of drug-likeness (QED) is 0.231. The summed E-state index contributed by atoms with van der Waals surface area (Å²) in [4.78, 5) is 23.5. The number of hydrogen-bond acceptors (Lipinski definition) is 9. The Balaban J connectivity index is 1.55. The zero-order chi connectivity index (χ0) is 31.5. The molecule has 13 heteroatoms. The van der Waals surface area contributed by atoms with Crippen LogP contribution in [0.3, 0.4) is 0 Å². The summed E-state index contributed by atoms with van der Waals surface area (Å²) in [6, 6.07) is 10.5. The molecule has 0 unspecified atom stereocenters. The largest absolute Gasteiger partial charge is 0.493 e. The molecule has 3 aromatic rings. The fraction of sp³-hybridized carbons (Fsp3) is 0.452. The highest BCUT2D eigenvalue weighted by atomic mass is 32.2. The van der Waals surface area contributed by atoms with Crippen molar-refractivity contribution in [1.82, 2.24) is 19.6 Å². The fourth-order valence-corrected chi connectivity index (χ4v) is 6.66. The van der Waals surface area contributed by atoms with Gasteiger partial charge in [0.05, 0.1) is 39.2 Å². The average Bonchev–Trinajstić information content (AvgIpc) is 3.04. The second-order valence-electron chi connectivity index (χ2n) is 10.7. The number of aliphatic hydroxyl groups is 1. The Bertz CT molecular complexity index is 1470. The van der Waals surface area contributed by atoms with Crippen molar-refractivity contribution >= 4 is 21.6 Å². The molecule has 1 saturated heterocycles. The predicted molar refractivity (Wildman–Crippen MR) is 164 cm³/mol. The standard InChI is InChI=1S/C31H40FN5O6S/c1-42-28-7-6-23(18-29(28)43-2)17-25(21-38)35-26-9-14-33-20-30(26)44(40,41)36-27(19-24-5-3-4-13-34-24)31(39)37-15-10-22(8-12-32)11-16-37/h3-7,9,13-14,18,20,22,25,27,36,38H,8,10-12,15-17,19,21H2,1-2H3,(H,33,35)/t25-,27-/m0/s1. The topological polar surface area (TPSA) is 143 Å². The number of methoxy groups -OCH3 is 2. The number of rotatable bonds is 15. The molecule has 3 heterocycles. The monoisotopic (exact) mass is 629 g/mol. The lowest BCUT2D eigenvalue weighted by molar-refractivity contribution is -0.134. The molecule has 4 rings (SSSR count). The minimum absolute atomic E-state index is 0.0465. The average molecular weight is 630 g/mol. The first-order chi connectivity index (χ1) is 21.3. The number of ether oxygens (including phenoxy) is 2. The number of pyridine rings is 2. The Morgan fingerprint density at radius 3 is 2.52 bits per heavy atom. The molecule has 2 aromatic heterocycles. The van der Waals surface area contributed by atoms with Gasteiger partial charge in [-0.15, -0.1) is 0 Å². The number of sulfonamides is 1. The summed E-state index contributed by atoms with van der Waals surface area (Å²) in [6.45, 7) is 0.173. The van der Waals surface area contributed by atoms with Gasteiger partial charge in [0.1, 0.15) is 10.9 Å². The van der Waals surface area contributed by atoms with Gasteiger partial charge >= 0.3 is 0 Å². The van der Waals surface area contributed by atoms with E-state index in [-0.39, 0.29) is 35.4 Å². The van der Waals surface area contributed by atoms with E-state index in [9.17, 15) is 22.7 Å². The normalized spacial score (nSPS) is 15.4. The molecule has 0 bridgehead atoms. The number of carbonyl (C=O) groups excluding carboxylic acids is 1. The van der Waals surface area contributed by atoms with Crippen molar-refractivity contribution in [2.45, 2.75) is 49.1 Å². The maximum atomic E-state index is 13.8. The van der Waals surface area contributed by atoms with Crippen LogP contribution in [0, 0.1) is 5.92 Å². The number of hydrogen-bond donors (Lipinski definition) is 3. The van der Waals surface area contributed by atoms with E-state index < -0.39 is 28.8 Å². The van der Waals surface area contributed by atoms with Gasteiger partial charge in [-0.1, -0.05) is 12.1 Å². The van der Waals surface area contributed by atoms with Gasteiger partial charge in [-0.3, -0.25) is 19.2 Å². The maximum absolute atomic E-state index is 13.8. The highest BCUT2D eigenvalue weighted by Gasteiger charge is 2.33. The highest BCUT2D eigenvalue weighted by Crippen LogP contribution is 2.29. The molecule has 2 atom stereocenters. The zero-order valence-electron chi connectivity index (χ0n) is 25.0. The van der Waals surface area contributed by atoms with Crippen LogP contribution >= 0.6 is 0 Å². The SMILES string of the molecule is COc1ccc(C[C@@H](CO)Nc2ccncc2S(=O)(=O)N[C@@H](Cc2ccccn2)C(=O)N2CCC(CCF)CC2)cc1OC. The van der Waals surface area contributed by atoms with E-state index >= 15 is 0 Å². The molecule has 1 amide bonds. The number of alkyl halides is 1. The van der Waals surface area contributed by atoms with Crippen LogP contribution in [0.25, 0.3) is 0 Å². The first-order valence-corrected chi connectivity index (χ1v) is 16.1. The summed E-state index contributed by atoms with van der Waals surface area (Å²) >= 11 is 0. The Morgan fingerprint density at radius 2 is 1.86 bits per heavy atom. The first kappa shape index (κ1) is 33.1. The molecule has 238 valence electrons. The second kappa shape index (κ2) is 15.8. The van der Waals surface area contributed by atoms with Crippen LogP contribution in [0.2, 0.25) is 0 Å². The Labute approximate surface area is 257 Å². The Hall–Kier alpha value is -3.81. The van der Waals surface area contributed by atoms with Gasteiger partial charge in [0.15, 0.2) is 11.5 Å². The third kappa shape index (κ3) is 8.64. The van der Waals surface area contributed by atoms with Crippen molar-refractivity contribution in [2.24, 2.45) is 5.92 Å². The number of aromatic nitrogens is 2. The van der Waals surface area contributed by atoms with Gasteiger partial charge in [-0.25, -0.2) is 8.42 Å². The van der Waals surface area contributed by atoms with Crippen molar-refractivity contribution in [3.63, 3.8) is 0 Å². The molecule has 1 aromatic carbocycles. The van der Waals surface area contributed by atoms with Gasteiger partial charge in [-0.2, -0.15) is 4.72 Å². The molecule has 11 nitrogen and oxygen atoms in total. The zero-order valence-corrected chi connectivity index (χ0v) is 25.8.